The van der Waals surface area contributed by atoms with Crippen molar-refractivity contribution in [2.75, 3.05) is 5.75 Å². The van der Waals surface area contributed by atoms with Crippen LogP contribution in [0, 0.1) is 10.7 Å². The molecule has 0 aliphatic rings. The molecule has 0 bridgehead atoms. The lowest BCUT2D eigenvalue weighted by atomic mass is 10.1. The van der Waals surface area contributed by atoms with Gasteiger partial charge in [-0.2, -0.15) is 34.8 Å². The summed E-state index contributed by atoms with van der Waals surface area (Å²) in [6.07, 6.45) is -12.7. The first-order valence-corrected chi connectivity index (χ1v) is 10.7. The largest absolute Gasteiger partial charge is 0.438 e. The summed E-state index contributed by atoms with van der Waals surface area (Å²) in [6, 6.07) is 2.20. The molecule has 0 aromatic heterocycles. The van der Waals surface area contributed by atoms with Crippen molar-refractivity contribution in [2.45, 2.75) is 18.0 Å². The van der Waals surface area contributed by atoms with Gasteiger partial charge in [-0.15, -0.1) is 0 Å². The molecular weight excluding hydrogens is 739 g/mol. The second kappa shape index (κ2) is 8.01. The van der Waals surface area contributed by atoms with Crippen LogP contribution in [0.25, 0.3) is 0 Å². The minimum atomic E-state index is -6.36. The van der Waals surface area contributed by atoms with E-state index in [1.807, 2.05) is 22.6 Å². The van der Waals surface area contributed by atoms with E-state index in [1.54, 1.807) is 22.6 Å². The predicted octanol–water partition coefficient (Wildman–Crippen LogP) is 4.41. The summed E-state index contributed by atoms with van der Waals surface area (Å²) in [5, 5.41) is 0. The lowest BCUT2D eigenvalue weighted by molar-refractivity contribution is -0.356. The first-order valence-electron chi connectivity index (χ1n) is 5.88. The molecule has 0 aliphatic heterocycles. The van der Waals surface area contributed by atoms with E-state index >= 15 is 0 Å². The number of benzene rings is 1. The third-order valence-corrected chi connectivity index (χ3v) is 8.80. The van der Waals surface area contributed by atoms with Crippen LogP contribution in [-0.4, -0.2) is 42.6 Å². The summed E-state index contributed by atoms with van der Waals surface area (Å²) < 4.78 is 114. The van der Waals surface area contributed by atoms with E-state index in [0.29, 0.717) is 7.14 Å². The number of carbonyl (C=O) groups is 1. The Morgan fingerprint density at radius 2 is 1.46 bits per heavy atom. The summed E-state index contributed by atoms with van der Waals surface area (Å²) in [6.45, 7) is 0. The van der Waals surface area contributed by atoms with Gasteiger partial charge >= 0.3 is 23.9 Å². The van der Waals surface area contributed by atoms with Crippen LogP contribution >= 0.6 is 67.8 Å². The minimum Gasteiger partial charge on any atom is -0.435 e. The van der Waals surface area contributed by atoms with Crippen LogP contribution in [0.3, 0.4) is 0 Å². The quantitative estimate of drug-likeness (QED) is 0.163. The zero-order valence-corrected chi connectivity index (χ0v) is 19.0. The van der Waals surface area contributed by atoms with Crippen LogP contribution in [0.5, 0.6) is 0 Å². The zero-order chi connectivity index (χ0) is 20.7. The van der Waals surface area contributed by atoms with Gasteiger partial charge in [0.2, 0.25) is 0 Å². The number of ether oxygens (including phenoxy) is 1. The number of rotatable bonds is 4. The second-order valence-corrected chi connectivity index (χ2v) is 9.43. The number of halogens is 9. The van der Waals surface area contributed by atoms with Crippen LogP contribution in [0.1, 0.15) is 10.4 Å². The van der Waals surface area contributed by atoms with Gasteiger partial charge in [-0.25, -0.2) is 4.79 Å². The molecule has 0 radical (unpaired) electrons. The lowest BCUT2D eigenvalue weighted by Gasteiger charge is -2.35. The summed E-state index contributed by atoms with van der Waals surface area (Å²) in [4.78, 5) is 12.0. The first kappa shape index (κ1) is 24.4. The van der Waals surface area contributed by atoms with Gasteiger partial charge < -0.3 is 4.74 Å². The number of hydrogen-bond donors (Lipinski definition) is 1. The molecule has 5 nitrogen and oxygen atoms in total. The minimum absolute atomic E-state index is 0.0187. The van der Waals surface area contributed by atoms with Gasteiger partial charge in [0.1, 0.15) is 5.75 Å². The Labute approximate surface area is 183 Å². The van der Waals surface area contributed by atoms with E-state index in [-0.39, 0.29) is 3.57 Å². The number of carbonyl (C=O) groups excluding carboxylic acids is 1. The fourth-order valence-corrected chi connectivity index (χ4v) is 4.65. The molecule has 1 rings (SSSR count). The third kappa shape index (κ3) is 5.25. The van der Waals surface area contributed by atoms with Gasteiger partial charge in [-0.3, -0.25) is 4.55 Å². The van der Waals surface area contributed by atoms with Gasteiger partial charge in [0.25, 0.3) is 10.1 Å². The van der Waals surface area contributed by atoms with E-state index in [9.17, 15) is 39.6 Å². The Balaban J connectivity index is 3.56. The summed E-state index contributed by atoms with van der Waals surface area (Å²) in [7, 11) is -5.82. The highest BCUT2D eigenvalue weighted by Crippen LogP contribution is 2.47. The van der Waals surface area contributed by atoms with Crippen molar-refractivity contribution in [2.24, 2.45) is 0 Å². The SMILES string of the molecule is O=C(OC(CS(=O)(=O)O)(C(F)(F)F)C(F)(F)F)c1ccc(I)c(I)c1I. The summed E-state index contributed by atoms with van der Waals surface area (Å²) >= 11 is 5.07. The molecule has 0 atom stereocenters. The second-order valence-electron chi connectivity index (χ2n) is 4.66. The van der Waals surface area contributed by atoms with Crippen molar-refractivity contribution in [3.63, 3.8) is 0 Å². The molecule has 0 fully saturated rings. The Morgan fingerprint density at radius 1 is 1.00 bits per heavy atom. The van der Waals surface area contributed by atoms with Crippen LogP contribution in [0.2, 0.25) is 0 Å². The Bertz CT molecular complexity index is 807. The molecule has 0 spiro atoms. The maximum Gasteiger partial charge on any atom is 0.438 e. The molecule has 0 saturated heterocycles. The molecule has 1 aromatic rings. The normalized spacial score (nSPS) is 13.6. The fraction of sp³-hybridized carbons (Fsp3) is 0.364. The molecule has 148 valence electrons. The van der Waals surface area contributed by atoms with E-state index in [0.717, 1.165) is 6.07 Å². The van der Waals surface area contributed by atoms with E-state index in [2.05, 4.69) is 4.74 Å². The Kier molecular flexibility index (Phi) is 7.52. The van der Waals surface area contributed by atoms with Crippen molar-refractivity contribution < 1.29 is 48.8 Å². The molecule has 0 saturated carbocycles. The van der Waals surface area contributed by atoms with E-state index in [4.69, 9.17) is 4.55 Å². The van der Waals surface area contributed by atoms with Crippen molar-refractivity contribution in [3.8, 4) is 0 Å². The molecule has 0 unspecified atom stereocenters. The van der Waals surface area contributed by atoms with Crippen molar-refractivity contribution in [3.05, 3.63) is 28.4 Å². The molecule has 1 N–H and O–H groups in total. The topological polar surface area (TPSA) is 80.7 Å². The average Bonchev–Trinajstić information content (AvgIpc) is 2.40. The monoisotopic (exact) mass is 744 g/mol. The van der Waals surface area contributed by atoms with E-state index < -0.39 is 45.4 Å². The Morgan fingerprint density at radius 3 is 1.85 bits per heavy atom. The predicted molar refractivity (Wildman–Crippen MR) is 101 cm³/mol. The number of alkyl halides is 6. The number of esters is 1. The molecular formula is C11H5F6I3O5S. The van der Waals surface area contributed by atoms with Crippen molar-refractivity contribution >= 4 is 83.9 Å². The van der Waals surface area contributed by atoms with Crippen molar-refractivity contribution in [1.82, 2.24) is 0 Å². The molecule has 0 amide bonds. The number of hydrogen-bond acceptors (Lipinski definition) is 4. The van der Waals surface area contributed by atoms with Gasteiger partial charge in [-0.05, 0) is 79.9 Å². The van der Waals surface area contributed by atoms with Crippen LogP contribution in [-0.2, 0) is 14.9 Å². The van der Waals surface area contributed by atoms with Gasteiger partial charge in [0, 0.05) is 10.7 Å². The highest BCUT2D eigenvalue weighted by Gasteiger charge is 2.76. The standard InChI is InChI=1S/C11H5F6I3O5S/c12-10(13,14)9(11(15,16)17,3-26(22,23)24)25-8(21)4-1-2-5(18)7(20)6(4)19/h1-2H,3H2,(H,22,23,24). The maximum atomic E-state index is 13.1. The van der Waals surface area contributed by atoms with Crippen LogP contribution in [0.4, 0.5) is 26.3 Å². The zero-order valence-electron chi connectivity index (χ0n) is 11.8. The third-order valence-electron chi connectivity index (χ3n) is 2.82. The maximum absolute atomic E-state index is 13.1. The molecule has 1 aromatic carbocycles. The van der Waals surface area contributed by atoms with Gasteiger partial charge in [-0.1, -0.05) is 0 Å². The van der Waals surface area contributed by atoms with Crippen molar-refractivity contribution in [1.29, 1.82) is 0 Å². The van der Waals surface area contributed by atoms with Gasteiger partial charge in [0.15, 0.2) is 0 Å². The summed E-state index contributed by atoms with van der Waals surface area (Å²) in [5.74, 6) is -4.96. The summed E-state index contributed by atoms with van der Waals surface area (Å²) in [5.41, 5.74) is -6.05. The molecule has 0 aliphatic carbocycles. The fourth-order valence-electron chi connectivity index (χ4n) is 1.62. The van der Waals surface area contributed by atoms with Crippen LogP contribution < -0.4 is 0 Å². The van der Waals surface area contributed by atoms with Gasteiger partial charge in [0.05, 0.1) is 5.56 Å². The average molecular weight is 744 g/mol. The molecule has 0 heterocycles. The molecule has 26 heavy (non-hydrogen) atoms. The first-order chi connectivity index (χ1) is 11.4. The Hall–Kier alpha value is 0.370. The molecule has 15 heteroatoms. The highest BCUT2D eigenvalue weighted by atomic mass is 127. The van der Waals surface area contributed by atoms with E-state index in [1.165, 1.54) is 28.7 Å². The van der Waals surface area contributed by atoms with Crippen LogP contribution in [0.15, 0.2) is 12.1 Å². The smallest absolute Gasteiger partial charge is 0.435 e. The lowest BCUT2D eigenvalue weighted by Crippen LogP contribution is -2.63. The highest BCUT2D eigenvalue weighted by molar-refractivity contribution is 14.1.